The minimum absolute atomic E-state index is 0.0484. The molecule has 6 heteroatoms. The van der Waals surface area contributed by atoms with Crippen molar-refractivity contribution in [2.75, 3.05) is 33.2 Å². The topological polar surface area (TPSA) is 47.6 Å². The number of carbonyl (C=O) groups excluding carboxylic acids is 1. The summed E-state index contributed by atoms with van der Waals surface area (Å²) in [7, 11) is 2.09. The van der Waals surface area contributed by atoms with Crippen LogP contribution >= 0.6 is 12.1 Å². The Morgan fingerprint density at radius 2 is 2.06 bits per heavy atom. The monoisotopic (exact) mass is 274 g/mol. The van der Waals surface area contributed by atoms with Gasteiger partial charge in [0.15, 0.2) is 0 Å². The minimum atomic E-state index is -0.0741. The van der Waals surface area contributed by atoms with Crippen LogP contribution in [0.2, 0.25) is 0 Å². The average Bonchev–Trinajstić information content (AvgIpc) is 2.62. The molecule has 0 saturated carbocycles. The third-order valence-corrected chi connectivity index (χ3v) is 4.02. The molecule has 0 radical (unpaired) electrons. The molecule has 1 aliphatic rings. The van der Waals surface area contributed by atoms with E-state index in [1.165, 1.54) is 0 Å². The van der Waals surface area contributed by atoms with Gasteiger partial charge in [0.05, 0.1) is 0 Å². The van der Waals surface area contributed by atoms with Crippen LogP contribution in [0.5, 0.6) is 0 Å². The van der Waals surface area contributed by atoms with Gasteiger partial charge >= 0.3 is 6.03 Å². The molecule has 0 aromatic carbocycles. The van der Waals surface area contributed by atoms with Gasteiger partial charge < -0.3 is 10.6 Å². The molecule has 1 rings (SSSR count). The van der Waals surface area contributed by atoms with E-state index < -0.39 is 0 Å². The maximum atomic E-state index is 11.7. The summed E-state index contributed by atoms with van der Waals surface area (Å²) < 4.78 is 4.52. The first kappa shape index (κ1) is 15.6. The molecule has 18 heavy (non-hydrogen) atoms. The van der Waals surface area contributed by atoms with E-state index in [0.717, 1.165) is 19.6 Å². The van der Waals surface area contributed by atoms with Gasteiger partial charge in [0.25, 0.3) is 0 Å². The van der Waals surface area contributed by atoms with Crippen molar-refractivity contribution in [2.45, 2.75) is 33.7 Å². The molecule has 1 saturated heterocycles. The molecule has 0 bridgehead atoms. The highest BCUT2D eigenvalue weighted by Gasteiger charge is 2.30. The lowest BCUT2D eigenvalue weighted by molar-refractivity contribution is 0.207. The lowest BCUT2D eigenvalue weighted by Crippen LogP contribution is -2.52. The standard InChI is InChI=1S/C12H26N4OS/c1-6-13-11(17)14-10(12(2,3)4)9-16-8-7-15(5)18-16/h10H,6-9H2,1-5H3,(H2,13,14,17). The highest BCUT2D eigenvalue weighted by atomic mass is 32.2. The van der Waals surface area contributed by atoms with E-state index in [9.17, 15) is 4.79 Å². The largest absolute Gasteiger partial charge is 0.338 e. The second-order valence-corrected chi connectivity index (χ2v) is 7.05. The molecule has 1 aliphatic heterocycles. The Bertz CT molecular complexity index is 280. The average molecular weight is 274 g/mol. The summed E-state index contributed by atoms with van der Waals surface area (Å²) in [5, 5.41) is 5.87. The maximum absolute atomic E-state index is 11.7. The van der Waals surface area contributed by atoms with Gasteiger partial charge in [-0.1, -0.05) is 20.8 Å². The molecule has 0 aromatic rings. The van der Waals surface area contributed by atoms with Gasteiger partial charge in [-0.3, -0.25) is 0 Å². The van der Waals surface area contributed by atoms with E-state index in [4.69, 9.17) is 0 Å². The van der Waals surface area contributed by atoms with Gasteiger partial charge in [0, 0.05) is 44.4 Å². The Balaban J connectivity index is 2.53. The van der Waals surface area contributed by atoms with Gasteiger partial charge in [-0.2, -0.15) is 0 Å². The predicted molar refractivity (Wildman–Crippen MR) is 77.2 cm³/mol. The first-order valence-electron chi connectivity index (χ1n) is 6.51. The summed E-state index contributed by atoms with van der Waals surface area (Å²) in [5.74, 6) is 0. The summed E-state index contributed by atoms with van der Waals surface area (Å²) in [6.45, 7) is 12.1. The van der Waals surface area contributed by atoms with Gasteiger partial charge in [-0.15, -0.1) is 0 Å². The molecule has 2 amide bonds. The first-order valence-corrected chi connectivity index (χ1v) is 7.24. The highest BCUT2D eigenvalue weighted by molar-refractivity contribution is 7.94. The molecule has 0 spiro atoms. The molecule has 1 fully saturated rings. The number of likely N-dealkylation sites (N-methyl/N-ethyl adjacent to an activating group) is 1. The zero-order chi connectivity index (χ0) is 13.8. The maximum Gasteiger partial charge on any atom is 0.315 e. The van der Waals surface area contributed by atoms with Crippen LogP contribution in [0.3, 0.4) is 0 Å². The number of nitrogens with one attached hydrogen (secondary N) is 2. The molecule has 1 atom stereocenters. The van der Waals surface area contributed by atoms with Crippen LogP contribution in [0, 0.1) is 5.41 Å². The van der Waals surface area contributed by atoms with Crippen LogP contribution in [0.4, 0.5) is 4.79 Å². The molecule has 106 valence electrons. The Morgan fingerprint density at radius 1 is 1.39 bits per heavy atom. The number of hydrogen-bond acceptors (Lipinski definition) is 4. The summed E-state index contributed by atoms with van der Waals surface area (Å²) in [6, 6.07) is 0.0676. The molecule has 5 nitrogen and oxygen atoms in total. The van der Waals surface area contributed by atoms with E-state index >= 15 is 0 Å². The lowest BCUT2D eigenvalue weighted by Gasteiger charge is -2.33. The normalized spacial score (nSPS) is 19.8. The molecular weight excluding hydrogens is 248 g/mol. The molecule has 1 unspecified atom stereocenters. The number of nitrogens with zero attached hydrogens (tertiary/aromatic N) is 2. The van der Waals surface area contributed by atoms with Crippen molar-refractivity contribution < 1.29 is 4.79 Å². The van der Waals surface area contributed by atoms with Crippen LogP contribution in [0.15, 0.2) is 0 Å². The number of amides is 2. The number of urea groups is 1. The van der Waals surface area contributed by atoms with Crippen molar-refractivity contribution in [3.63, 3.8) is 0 Å². The van der Waals surface area contributed by atoms with E-state index in [1.54, 1.807) is 12.1 Å². The molecule has 0 aromatic heterocycles. The van der Waals surface area contributed by atoms with Gasteiger partial charge in [0.2, 0.25) is 0 Å². The lowest BCUT2D eigenvalue weighted by atomic mass is 9.86. The fourth-order valence-corrected chi connectivity index (χ4v) is 2.70. The molecule has 2 N–H and O–H groups in total. The van der Waals surface area contributed by atoms with E-state index in [0.29, 0.717) is 6.54 Å². The highest BCUT2D eigenvalue weighted by Crippen LogP contribution is 2.26. The quantitative estimate of drug-likeness (QED) is 0.763. The smallest absolute Gasteiger partial charge is 0.315 e. The summed E-state index contributed by atoms with van der Waals surface area (Å²) in [4.78, 5) is 11.7. The van der Waals surface area contributed by atoms with Crippen molar-refractivity contribution >= 4 is 18.2 Å². The summed E-state index contributed by atoms with van der Waals surface area (Å²) in [6.07, 6.45) is 0. The number of rotatable bonds is 4. The van der Waals surface area contributed by atoms with Crippen LogP contribution in [-0.2, 0) is 0 Å². The Kier molecular flexibility index (Phi) is 5.75. The van der Waals surface area contributed by atoms with Gasteiger partial charge in [0.1, 0.15) is 0 Å². The second-order valence-electron chi connectivity index (χ2n) is 5.74. The third-order valence-electron chi connectivity index (χ3n) is 2.99. The Morgan fingerprint density at radius 3 is 2.50 bits per heavy atom. The van der Waals surface area contributed by atoms with Gasteiger partial charge in [-0.05, 0) is 19.4 Å². The van der Waals surface area contributed by atoms with Gasteiger partial charge in [-0.25, -0.2) is 13.4 Å². The van der Waals surface area contributed by atoms with Crippen molar-refractivity contribution in [2.24, 2.45) is 5.41 Å². The van der Waals surface area contributed by atoms with Crippen molar-refractivity contribution in [1.29, 1.82) is 0 Å². The Hall–Kier alpha value is -0.460. The minimum Gasteiger partial charge on any atom is -0.338 e. The zero-order valence-corrected chi connectivity index (χ0v) is 12.9. The van der Waals surface area contributed by atoms with Crippen LogP contribution in [-0.4, -0.2) is 53.9 Å². The van der Waals surface area contributed by atoms with Crippen molar-refractivity contribution in [3.8, 4) is 0 Å². The summed E-state index contributed by atoms with van der Waals surface area (Å²) >= 11 is 1.75. The Labute approximate surface area is 115 Å². The SMILES string of the molecule is CCNC(=O)NC(CN1CCN(C)S1)C(C)(C)C. The zero-order valence-electron chi connectivity index (χ0n) is 12.1. The van der Waals surface area contributed by atoms with E-state index in [2.05, 4.69) is 47.1 Å². The van der Waals surface area contributed by atoms with Crippen molar-refractivity contribution in [1.82, 2.24) is 19.2 Å². The first-order chi connectivity index (χ1) is 8.32. The molecule has 0 aliphatic carbocycles. The van der Waals surface area contributed by atoms with Crippen molar-refractivity contribution in [3.05, 3.63) is 0 Å². The van der Waals surface area contributed by atoms with Crippen LogP contribution in [0.1, 0.15) is 27.7 Å². The fourth-order valence-electron chi connectivity index (χ4n) is 1.77. The number of carbonyl (C=O) groups is 1. The third kappa shape index (κ3) is 5.04. The van der Waals surface area contributed by atoms with E-state index in [1.807, 2.05) is 6.92 Å². The van der Waals surface area contributed by atoms with E-state index in [-0.39, 0.29) is 17.5 Å². The molecule has 1 heterocycles. The predicted octanol–water partition coefficient (Wildman–Crippen LogP) is 1.53. The van der Waals surface area contributed by atoms with Crippen LogP contribution in [0.25, 0.3) is 0 Å². The fraction of sp³-hybridized carbons (Fsp3) is 0.917. The number of hydrogen-bond donors (Lipinski definition) is 2. The van der Waals surface area contributed by atoms with Crippen LogP contribution < -0.4 is 10.6 Å². The molecular formula is C12H26N4OS. The second kappa shape index (κ2) is 6.63. The summed E-state index contributed by atoms with van der Waals surface area (Å²) in [5.41, 5.74) is 0.0484.